The summed E-state index contributed by atoms with van der Waals surface area (Å²) < 4.78 is 0. The summed E-state index contributed by atoms with van der Waals surface area (Å²) in [5.41, 5.74) is 2.48. The van der Waals surface area contributed by atoms with Crippen LogP contribution in [0.5, 0.6) is 0 Å². The number of halogens is 1. The van der Waals surface area contributed by atoms with Crippen LogP contribution >= 0.6 is 11.6 Å². The molecule has 4 nitrogen and oxygen atoms in total. The molecule has 1 aliphatic rings. The molecule has 0 spiro atoms. The third-order valence-corrected chi connectivity index (χ3v) is 4.78. The second-order valence-electron chi connectivity index (χ2n) is 7.26. The Morgan fingerprint density at radius 1 is 1.19 bits per heavy atom. The van der Waals surface area contributed by atoms with E-state index < -0.39 is 17.7 Å². The van der Waals surface area contributed by atoms with E-state index in [0.29, 0.717) is 10.7 Å². The number of benzene rings is 2. The summed E-state index contributed by atoms with van der Waals surface area (Å²) in [5.74, 6) is -1.17. The van der Waals surface area contributed by atoms with Crippen molar-refractivity contribution in [1.29, 1.82) is 0 Å². The summed E-state index contributed by atoms with van der Waals surface area (Å²) in [4.78, 5) is 27.3. The Balaban J connectivity index is 2.17. The van der Waals surface area contributed by atoms with Gasteiger partial charge in [-0.3, -0.25) is 14.5 Å². The fourth-order valence-corrected chi connectivity index (χ4v) is 3.60. The zero-order chi connectivity index (χ0) is 19.7. The number of aliphatic hydroxyl groups excluding tert-OH is 1. The zero-order valence-electron chi connectivity index (χ0n) is 15.6. The van der Waals surface area contributed by atoms with Crippen LogP contribution in [0, 0.1) is 12.8 Å². The van der Waals surface area contributed by atoms with Gasteiger partial charge in [0.25, 0.3) is 5.91 Å². The number of aryl methyl sites for hydroxylation is 1. The van der Waals surface area contributed by atoms with E-state index in [2.05, 4.69) is 0 Å². The van der Waals surface area contributed by atoms with Crippen LogP contribution in [0.15, 0.2) is 59.9 Å². The number of nitrogens with zero attached hydrogens (tertiary/aromatic N) is 1. The minimum atomic E-state index is -0.679. The Morgan fingerprint density at radius 3 is 2.52 bits per heavy atom. The van der Waals surface area contributed by atoms with Gasteiger partial charge in [-0.15, -0.1) is 0 Å². The topological polar surface area (TPSA) is 57.6 Å². The van der Waals surface area contributed by atoms with E-state index in [1.807, 2.05) is 45.0 Å². The van der Waals surface area contributed by atoms with Gasteiger partial charge in [0.2, 0.25) is 0 Å². The standard InChI is InChI=1S/C22H22ClNO3/c1-13(2)10-18(25)19-20(15-7-4-6-14(3)11-15)24(22(27)21(19)26)17-9-5-8-16(23)12-17/h4-9,11-13,20,26H,10H2,1-3H3. The average Bonchev–Trinajstić information content (AvgIpc) is 2.86. The van der Waals surface area contributed by atoms with E-state index in [9.17, 15) is 14.7 Å². The predicted molar refractivity (Wildman–Crippen MR) is 107 cm³/mol. The lowest BCUT2D eigenvalue weighted by molar-refractivity contribution is -0.118. The second kappa shape index (κ2) is 7.57. The molecule has 1 atom stereocenters. The first-order valence-corrected chi connectivity index (χ1v) is 9.29. The maximum Gasteiger partial charge on any atom is 0.294 e. The molecule has 0 aromatic heterocycles. The minimum Gasteiger partial charge on any atom is -0.503 e. The number of Topliss-reactive ketones (excluding diaryl/α,β-unsaturated/α-hetero) is 1. The Morgan fingerprint density at radius 2 is 1.89 bits per heavy atom. The molecule has 2 aromatic rings. The van der Waals surface area contributed by atoms with Crippen LogP contribution < -0.4 is 4.90 Å². The lowest BCUT2D eigenvalue weighted by atomic mass is 9.91. The Kier molecular flexibility index (Phi) is 5.38. The van der Waals surface area contributed by atoms with Crippen molar-refractivity contribution in [2.24, 2.45) is 5.92 Å². The summed E-state index contributed by atoms with van der Waals surface area (Å²) in [7, 11) is 0. The molecule has 1 amide bonds. The highest BCUT2D eigenvalue weighted by molar-refractivity contribution is 6.31. The van der Waals surface area contributed by atoms with Crippen molar-refractivity contribution in [3.8, 4) is 0 Å². The number of hydrogen-bond donors (Lipinski definition) is 1. The van der Waals surface area contributed by atoms with Gasteiger partial charge in [-0.2, -0.15) is 0 Å². The van der Waals surface area contributed by atoms with Crippen molar-refractivity contribution in [2.75, 3.05) is 4.90 Å². The summed E-state index contributed by atoms with van der Waals surface area (Å²) in [6.07, 6.45) is 0.262. The molecule has 27 heavy (non-hydrogen) atoms. The summed E-state index contributed by atoms with van der Waals surface area (Å²) >= 11 is 6.11. The molecule has 0 aliphatic carbocycles. The normalized spacial score (nSPS) is 17.1. The first-order chi connectivity index (χ1) is 12.8. The molecular weight excluding hydrogens is 362 g/mol. The average molecular weight is 384 g/mol. The monoisotopic (exact) mass is 383 g/mol. The molecule has 1 aliphatic heterocycles. The highest BCUT2D eigenvalue weighted by atomic mass is 35.5. The molecule has 140 valence electrons. The quantitative estimate of drug-likeness (QED) is 0.775. The SMILES string of the molecule is Cc1cccc(C2C(C(=O)CC(C)C)=C(O)C(=O)N2c2cccc(Cl)c2)c1. The summed E-state index contributed by atoms with van der Waals surface area (Å²) in [6.45, 7) is 5.81. The van der Waals surface area contributed by atoms with E-state index >= 15 is 0 Å². The molecule has 2 aromatic carbocycles. The van der Waals surface area contributed by atoms with Gasteiger partial charge in [-0.1, -0.05) is 61.3 Å². The lowest BCUT2D eigenvalue weighted by Gasteiger charge is -2.27. The van der Waals surface area contributed by atoms with Crippen molar-refractivity contribution in [3.05, 3.63) is 76.0 Å². The maximum atomic E-state index is 12.9. The van der Waals surface area contributed by atoms with Gasteiger partial charge >= 0.3 is 0 Å². The van der Waals surface area contributed by atoms with Crippen LogP contribution in [-0.2, 0) is 9.59 Å². The number of amides is 1. The molecule has 1 unspecified atom stereocenters. The van der Waals surface area contributed by atoms with Crippen LogP contribution in [-0.4, -0.2) is 16.8 Å². The smallest absolute Gasteiger partial charge is 0.294 e. The fourth-order valence-electron chi connectivity index (χ4n) is 3.42. The van der Waals surface area contributed by atoms with Crippen LogP contribution in [0.3, 0.4) is 0 Å². The van der Waals surface area contributed by atoms with E-state index in [0.717, 1.165) is 11.1 Å². The Bertz CT molecular complexity index is 933. The van der Waals surface area contributed by atoms with Gasteiger partial charge in [-0.25, -0.2) is 0 Å². The first kappa shape index (κ1) is 19.2. The van der Waals surface area contributed by atoms with Crippen molar-refractivity contribution < 1.29 is 14.7 Å². The van der Waals surface area contributed by atoms with E-state index in [1.54, 1.807) is 24.3 Å². The highest BCUT2D eigenvalue weighted by Crippen LogP contribution is 2.42. The molecule has 0 saturated heterocycles. The van der Waals surface area contributed by atoms with Gasteiger partial charge in [-0.05, 0) is 36.6 Å². The highest BCUT2D eigenvalue weighted by Gasteiger charge is 2.44. The number of carbonyl (C=O) groups excluding carboxylic acids is 2. The molecule has 5 heteroatoms. The van der Waals surface area contributed by atoms with Gasteiger partial charge in [0.1, 0.15) is 0 Å². The Labute approximate surface area is 164 Å². The molecule has 1 heterocycles. The van der Waals surface area contributed by atoms with Gasteiger partial charge < -0.3 is 5.11 Å². The Hall–Kier alpha value is -2.59. The maximum absolute atomic E-state index is 12.9. The third kappa shape index (κ3) is 3.76. The van der Waals surface area contributed by atoms with Gasteiger partial charge in [0.15, 0.2) is 11.5 Å². The summed E-state index contributed by atoms with van der Waals surface area (Å²) in [6, 6.07) is 13.8. The molecule has 0 radical (unpaired) electrons. The molecule has 1 N–H and O–H groups in total. The van der Waals surface area contributed by atoms with Crippen molar-refractivity contribution in [1.82, 2.24) is 0 Å². The van der Waals surface area contributed by atoms with Crippen molar-refractivity contribution in [3.63, 3.8) is 0 Å². The first-order valence-electron chi connectivity index (χ1n) is 8.91. The zero-order valence-corrected chi connectivity index (χ0v) is 16.3. The van der Waals surface area contributed by atoms with Gasteiger partial charge in [0, 0.05) is 17.1 Å². The predicted octanol–water partition coefficient (Wildman–Crippen LogP) is 5.16. The van der Waals surface area contributed by atoms with E-state index in [4.69, 9.17) is 11.6 Å². The van der Waals surface area contributed by atoms with Crippen LogP contribution in [0.4, 0.5) is 5.69 Å². The minimum absolute atomic E-state index is 0.117. The molecule has 0 bridgehead atoms. The number of aliphatic hydroxyl groups is 1. The van der Waals surface area contributed by atoms with E-state index in [1.165, 1.54) is 4.90 Å². The molecular formula is C22H22ClNO3. The summed E-state index contributed by atoms with van der Waals surface area (Å²) in [5, 5.41) is 11.1. The van der Waals surface area contributed by atoms with Gasteiger partial charge in [0.05, 0.1) is 11.6 Å². The second-order valence-corrected chi connectivity index (χ2v) is 7.69. The van der Waals surface area contributed by atoms with Crippen molar-refractivity contribution >= 4 is 29.0 Å². The number of carbonyl (C=O) groups is 2. The molecule has 3 rings (SSSR count). The lowest BCUT2D eigenvalue weighted by Crippen LogP contribution is -2.31. The largest absolute Gasteiger partial charge is 0.503 e. The molecule has 0 saturated carbocycles. The number of rotatable bonds is 5. The fraction of sp³-hybridized carbons (Fsp3) is 0.273. The van der Waals surface area contributed by atoms with Crippen molar-refractivity contribution in [2.45, 2.75) is 33.2 Å². The van der Waals surface area contributed by atoms with Crippen LogP contribution in [0.25, 0.3) is 0 Å². The third-order valence-electron chi connectivity index (χ3n) is 4.55. The van der Waals surface area contributed by atoms with Crippen LogP contribution in [0.1, 0.15) is 37.4 Å². The number of ketones is 1. The van der Waals surface area contributed by atoms with Crippen LogP contribution in [0.2, 0.25) is 5.02 Å². The number of hydrogen-bond acceptors (Lipinski definition) is 3. The van der Waals surface area contributed by atoms with E-state index in [-0.39, 0.29) is 23.7 Å². The molecule has 0 fully saturated rings. The number of anilines is 1.